The summed E-state index contributed by atoms with van der Waals surface area (Å²) in [5.74, 6) is -0.394. The van der Waals surface area contributed by atoms with Gasteiger partial charge in [-0.2, -0.15) is 13.2 Å². The van der Waals surface area contributed by atoms with Crippen molar-refractivity contribution < 1.29 is 27.8 Å². The van der Waals surface area contributed by atoms with Gasteiger partial charge in [0.25, 0.3) is 0 Å². The predicted molar refractivity (Wildman–Crippen MR) is 120 cm³/mol. The first-order valence-electron chi connectivity index (χ1n) is 10.6. The normalized spacial score (nSPS) is 13.5. The number of halogens is 3. The summed E-state index contributed by atoms with van der Waals surface area (Å²) in [6, 6.07) is 4.16. The van der Waals surface area contributed by atoms with E-state index in [0.717, 1.165) is 46.9 Å². The molecule has 0 saturated heterocycles. The molecule has 1 aromatic rings. The highest BCUT2D eigenvalue weighted by molar-refractivity contribution is 5.81. The van der Waals surface area contributed by atoms with Crippen LogP contribution >= 0.6 is 0 Å². The lowest BCUT2D eigenvalue weighted by molar-refractivity contribution is -0.132. The smallest absolute Gasteiger partial charge is 0.416 e. The molecule has 172 valence electrons. The molecule has 0 amide bonds. The van der Waals surface area contributed by atoms with E-state index >= 15 is 0 Å². The van der Waals surface area contributed by atoms with E-state index in [-0.39, 0.29) is 17.9 Å². The summed E-state index contributed by atoms with van der Waals surface area (Å²) in [6.07, 6.45) is 0.861. The molecule has 0 aliphatic carbocycles. The van der Waals surface area contributed by atoms with Crippen LogP contribution in [0.4, 0.5) is 13.2 Å². The van der Waals surface area contributed by atoms with E-state index < -0.39 is 17.7 Å². The Morgan fingerprint density at radius 1 is 1.16 bits per heavy atom. The number of aliphatic carboxylic acids is 1. The van der Waals surface area contributed by atoms with Gasteiger partial charge in [0.05, 0.1) is 12.2 Å². The summed E-state index contributed by atoms with van der Waals surface area (Å²) < 4.78 is 45.2. The number of ether oxygens (including phenoxy) is 1. The predicted octanol–water partition coefficient (Wildman–Crippen LogP) is 7.65. The Morgan fingerprint density at radius 2 is 1.81 bits per heavy atom. The second kappa shape index (κ2) is 11.8. The first kappa shape index (κ1) is 26.5. The Balaban J connectivity index is 3.49. The maximum Gasteiger partial charge on any atom is 0.416 e. The van der Waals surface area contributed by atoms with Crippen LogP contribution < -0.4 is 4.74 Å². The number of carbonyl (C=O) groups is 1. The average Bonchev–Trinajstić information content (AvgIpc) is 2.65. The monoisotopic (exact) mass is 438 g/mol. The quantitative estimate of drug-likeness (QED) is 0.232. The zero-order chi connectivity index (χ0) is 23.8. The van der Waals surface area contributed by atoms with Crippen molar-refractivity contribution >= 4 is 11.5 Å². The summed E-state index contributed by atoms with van der Waals surface area (Å²) >= 11 is 0. The Hall–Kier alpha value is -2.50. The number of unbranched alkanes of at least 4 members (excludes halogenated alkanes) is 1. The van der Waals surface area contributed by atoms with Gasteiger partial charge in [0, 0.05) is 11.6 Å². The van der Waals surface area contributed by atoms with Gasteiger partial charge in [0.1, 0.15) is 5.75 Å². The molecular weight excluding hydrogens is 405 g/mol. The second-order valence-electron chi connectivity index (χ2n) is 8.14. The Morgan fingerprint density at radius 3 is 2.29 bits per heavy atom. The second-order valence-corrected chi connectivity index (χ2v) is 8.14. The molecule has 0 radical (unpaired) electrons. The third-order valence-electron chi connectivity index (χ3n) is 4.83. The number of hydrogen-bond acceptors (Lipinski definition) is 2. The van der Waals surface area contributed by atoms with Gasteiger partial charge in [0.15, 0.2) is 0 Å². The van der Waals surface area contributed by atoms with Gasteiger partial charge in [0.2, 0.25) is 0 Å². The molecule has 0 aliphatic rings. The number of allylic oxidation sites excluding steroid dienone is 5. The van der Waals surface area contributed by atoms with Gasteiger partial charge >= 0.3 is 12.1 Å². The van der Waals surface area contributed by atoms with Crippen molar-refractivity contribution in [1.29, 1.82) is 0 Å². The molecular formula is C25H33F3O3. The van der Waals surface area contributed by atoms with Crippen LogP contribution in [0, 0.1) is 0 Å². The van der Waals surface area contributed by atoms with Crippen LogP contribution in [-0.2, 0) is 4.79 Å². The highest BCUT2D eigenvalue weighted by atomic mass is 19.4. The van der Waals surface area contributed by atoms with Gasteiger partial charge in [-0.3, -0.25) is 0 Å². The average molecular weight is 439 g/mol. The van der Waals surface area contributed by atoms with Crippen LogP contribution in [0.15, 0.2) is 42.0 Å². The molecule has 3 nitrogen and oxygen atoms in total. The maximum atomic E-state index is 13.0. The minimum atomic E-state index is -4.74. The highest BCUT2D eigenvalue weighted by Gasteiger charge is 2.32. The molecule has 6 heteroatoms. The van der Waals surface area contributed by atoms with Crippen LogP contribution in [0.5, 0.6) is 5.75 Å². The summed E-state index contributed by atoms with van der Waals surface area (Å²) in [5, 5.41) is 8.70. The minimum absolute atomic E-state index is 0.162. The maximum absolute atomic E-state index is 13.0. The van der Waals surface area contributed by atoms with E-state index in [1.165, 1.54) is 6.08 Å². The number of benzene rings is 1. The summed E-state index contributed by atoms with van der Waals surface area (Å²) in [7, 11) is 0. The lowest BCUT2D eigenvalue weighted by Gasteiger charge is -2.21. The molecule has 0 heterocycles. The van der Waals surface area contributed by atoms with Crippen molar-refractivity contribution in [3.05, 3.63) is 58.7 Å². The molecule has 0 aliphatic heterocycles. The minimum Gasteiger partial charge on any atom is -0.493 e. The fourth-order valence-electron chi connectivity index (χ4n) is 2.95. The van der Waals surface area contributed by atoms with Gasteiger partial charge < -0.3 is 9.84 Å². The number of carboxylic acid groups (broad SMARTS) is 1. The van der Waals surface area contributed by atoms with Crippen molar-refractivity contribution in [1.82, 2.24) is 0 Å². The zero-order valence-corrected chi connectivity index (χ0v) is 19.1. The molecule has 0 aromatic heterocycles. The number of hydrogen-bond donors (Lipinski definition) is 1. The standard InChI is InChI=1S/C25H33F3O3/c1-7-8-12-31-24-21(17(4)5)13-19(16(2)3)14-22(24)18(6)10-9-11-20(15-23(29)30)25(26,27)28/h9-11,13-17H,7-8,12H2,1-6H3,(H,29,30)/b11-9+,18-10-,20-15+. The molecule has 0 unspecified atom stereocenters. The molecule has 1 rings (SSSR count). The van der Waals surface area contributed by atoms with Crippen molar-refractivity contribution in [2.75, 3.05) is 6.61 Å². The molecule has 1 N–H and O–H groups in total. The summed E-state index contributed by atoms with van der Waals surface area (Å²) in [4.78, 5) is 10.7. The van der Waals surface area contributed by atoms with Gasteiger partial charge in [-0.25, -0.2) is 4.79 Å². The molecule has 0 fully saturated rings. The zero-order valence-electron chi connectivity index (χ0n) is 19.1. The summed E-state index contributed by atoms with van der Waals surface area (Å²) in [6.45, 7) is 12.8. The highest BCUT2D eigenvalue weighted by Crippen LogP contribution is 2.38. The largest absolute Gasteiger partial charge is 0.493 e. The van der Waals surface area contributed by atoms with E-state index in [0.29, 0.717) is 6.61 Å². The van der Waals surface area contributed by atoms with Crippen LogP contribution in [0.1, 0.15) is 82.9 Å². The third kappa shape index (κ3) is 8.27. The Labute approximate surface area is 183 Å². The number of alkyl halides is 3. The van der Waals surface area contributed by atoms with E-state index in [9.17, 15) is 18.0 Å². The lowest BCUT2D eigenvalue weighted by atomic mass is 9.89. The van der Waals surface area contributed by atoms with Crippen LogP contribution in [0.2, 0.25) is 0 Å². The number of carboxylic acids is 1. The van der Waals surface area contributed by atoms with Gasteiger partial charge in [-0.1, -0.05) is 59.3 Å². The third-order valence-corrected chi connectivity index (χ3v) is 4.83. The molecule has 0 saturated carbocycles. The number of rotatable bonds is 10. The van der Waals surface area contributed by atoms with Crippen LogP contribution in [-0.4, -0.2) is 23.9 Å². The van der Waals surface area contributed by atoms with E-state index in [4.69, 9.17) is 9.84 Å². The molecule has 0 atom stereocenters. The Bertz CT molecular complexity index is 844. The van der Waals surface area contributed by atoms with Crippen molar-refractivity contribution in [3.63, 3.8) is 0 Å². The van der Waals surface area contributed by atoms with Gasteiger partial charge in [-0.15, -0.1) is 0 Å². The first-order chi connectivity index (χ1) is 14.4. The topological polar surface area (TPSA) is 46.5 Å². The van der Waals surface area contributed by atoms with Crippen molar-refractivity contribution in [3.8, 4) is 5.75 Å². The van der Waals surface area contributed by atoms with Gasteiger partial charge in [-0.05, 0) is 54.0 Å². The van der Waals surface area contributed by atoms with E-state index in [2.05, 4.69) is 40.7 Å². The SMILES string of the molecule is CCCCOc1c(\C(C)=C/C=C/C(=C\C(=O)O)C(F)(F)F)cc(C(C)C)cc1C(C)C. The van der Waals surface area contributed by atoms with Crippen LogP contribution in [0.3, 0.4) is 0 Å². The molecule has 0 spiro atoms. The van der Waals surface area contributed by atoms with Crippen molar-refractivity contribution in [2.24, 2.45) is 0 Å². The molecule has 0 bridgehead atoms. The van der Waals surface area contributed by atoms with E-state index in [1.54, 1.807) is 6.08 Å². The molecule has 31 heavy (non-hydrogen) atoms. The van der Waals surface area contributed by atoms with E-state index in [1.807, 2.05) is 13.0 Å². The first-order valence-corrected chi connectivity index (χ1v) is 10.6. The summed E-state index contributed by atoms with van der Waals surface area (Å²) in [5.41, 5.74) is 2.55. The van der Waals surface area contributed by atoms with Crippen LogP contribution in [0.25, 0.3) is 5.57 Å². The molecule has 1 aromatic carbocycles. The Kier molecular flexibility index (Phi) is 10.1. The fraction of sp³-hybridized carbons (Fsp3) is 0.480. The van der Waals surface area contributed by atoms with Crippen molar-refractivity contribution in [2.45, 2.75) is 72.4 Å². The fourth-order valence-corrected chi connectivity index (χ4v) is 2.95. The lowest BCUT2D eigenvalue weighted by Crippen LogP contribution is -2.11.